The molecule has 1 fully saturated rings. The first-order chi connectivity index (χ1) is 9.29. The van der Waals surface area contributed by atoms with Gasteiger partial charge in [-0.15, -0.1) is 0 Å². The standard InChI is InChI=1S/C10H22N2O6P2S/c1-10(2,21)7-3-4-8(11-5-7)12-9(20(16,17)18)6-19(13,14)15/h7-8,11,13-15H,3-6H2,1-2H3,(H2-,16,17,18,21)/p+1. The van der Waals surface area contributed by atoms with Crippen LogP contribution in [0.2, 0.25) is 0 Å². The van der Waals surface area contributed by atoms with E-state index < -0.39 is 33.3 Å². The van der Waals surface area contributed by atoms with Crippen LogP contribution < -0.4 is 5.32 Å². The monoisotopic (exact) mass is 361 g/mol. The van der Waals surface area contributed by atoms with Crippen molar-refractivity contribution < 1.29 is 29.0 Å². The zero-order chi connectivity index (χ0) is 16.5. The lowest BCUT2D eigenvalue weighted by molar-refractivity contribution is 0.278. The van der Waals surface area contributed by atoms with Crippen LogP contribution in [0.1, 0.15) is 26.7 Å². The van der Waals surface area contributed by atoms with Gasteiger partial charge in [-0.25, -0.2) is 0 Å². The Morgan fingerprint density at radius 3 is 2.29 bits per heavy atom. The fourth-order valence-electron chi connectivity index (χ4n) is 2.13. The molecular weight excluding hydrogens is 338 g/mol. The number of rotatable bonds is 5. The Hall–Kier alpha value is 0.440. The predicted molar refractivity (Wildman–Crippen MR) is 85.5 cm³/mol. The van der Waals surface area contributed by atoms with Gasteiger partial charge in [0.25, 0.3) is 0 Å². The molecule has 0 aromatic heterocycles. The minimum Gasteiger partial charge on any atom is -0.320 e. The highest BCUT2D eigenvalue weighted by atomic mass is 32.1. The fraction of sp³-hybridized carbons (Fsp3) is 0.900. The number of thiol groups is 1. The molecule has 0 aliphatic carbocycles. The number of hydrogen-bond acceptors (Lipinski definition) is 7. The molecule has 1 saturated heterocycles. The molecule has 0 aromatic carbocycles. The summed E-state index contributed by atoms with van der Waals surface area (Å²) in [6.07, 6.45) is -0.113. The smallest absolute Gasteiger partial charge is 0.320 e. The summed E-state index contributed by atoms with van der Waals surface area (Å²) in [5.41, 5.74) is -0.690. The molecule has 0 saturated carbocycles. The first kappa shape index (κ1) is 19.5. The highest BCUT2D eigenvalue weighted by Gasteiger charge is 2.40. The lowest BCUT2D eigenvalue weighted by atomic mass is 9.87. The second kappa shape index (κ2) is 6.91. The molecule has 1 aliphatic rings. The predicted octanol–water partition coefficient (Wildman–Crippen LogP) is 0.336. The van der Waals surface area contributed by atoms with Gasteiger partial charge in [0.15, 0.2) is 11.6 Å². The summed E-state index contributed by atoms with van der Waals surface area (Å²) >= 11 is 4.50. The van der Waals surface area contributed by atoms with Gasteiger partial charge in [-0.05, 0) is 18.8 Å². The van der Waals surface area contributed by atoms with Gasteiger partial charge in [0.05, 0.1) is 0 Å². The summed E-state index contributed by atoms with van der Waals surface area (Å²) < 4.78 is 11.1. The number of nitrogens with one attached hydrogen (secondary N) is 1. The minimum absolute atomic E-state index is 0.171. The second-order valence-electron chi connectivity index (χ2n) is 5.79. The molecule has 21 heavy (non-hydrogen) atoms. The van der Waals surface area contributed by atoms with Crippen molar-refractivity contribution in [3.05, 3.63) is 0 Å². The van der Waals surface area contributed by atoms with Crippen LogP contribution in [0.25, 0.3) is 0 Å². The third-order valence-corrected chi connectivity index (χ3v) is 5.67. The summed E-state index contributed by atoms with van der Waals surface area (Å²) in [5, 5.41) is 3.05. The molecule has 1 rings (SSSR count). The largest absolute Gasteiger partial charge is 0.410 e. The molecule has 0 bridgehead atoms. The van der Waals surface area contributed by atoms with Crippen molar-refractivity contribution in [2.45, 2.75) is 37.6 Å². The first-order valence-corrected chi connectivity index (χ1v) is 10.3. The van der Waals surface area contributed by atoms with E-state index in [0.29, 0.717) is 18.9 Å². The Morgan fingerprint density at radius 2 is 1.95 bits per heavy atom. The van der Waals surface area contributed by atoms with E-state index >= 15 is 0 Å². The molecule has 6 N–H and O–H groups in total. The molecular formula is C10H23N2O6P2S+. The molecule has 124 valence electrons. The van der Waals surface area contributed by atoms with Gasteiger partial charge < -0.3 is 9.79 Å². The van der Waals surface area contributed by atoms with Crippen LogP contribution in [-0.4, -0.2) is 53.5 Å². The average molecular weight is 361 g/mol. The molecule has 1 aliphatic heterocycles. The molecule has 0 aromatic rings. The zero-order valence-electron chi connectivity index (χ0n) is 11.9. The van der Waals surface area contributed by atoms with E-state index in [1.54, 1.807) is 0 Å². The topological polar surface area (TPSA) is 143 Å². The molecule has 0 radical (unpaired) electrons. The van der Waals surface area contributed by atoms with Crippen molar-refractivity contribution in [2.24, 2.45) is 10.9 Å². The van der Waals surface area contributed by atoms with Crippen molar-refractivity contribution in [1.82, 2.24) is 5.32 Å². The van der Waals surface area contributed by atoms with Gasteiger partial charge in [0, 0.05) is 11.3 Å². The lowest BCUT2D eigenvalue weighted by Crippen LogP contribution is -2.44. The second-order valence-corrected chi connectivity index (χ2v) is 10.3. The highest BCUT2D eigenvalue weighted by molar-refractivity contribution is 7.81. The van der Waals surface area contributed by atoms with Crippen molar-refractivity contribution in [3.63, 3.8) is 0 Å². The Kier molecular flexibility index (Phi) is 6.41. The van der Waals surface area contributed by atoms with Gasteiger partial charge in [-0.2, -0.15) is 27.3 Å². The van der Waals surface area contributed by atoms with Crippen molar-refractivity contribution in [2.75, 3.05) is 12.7 Å². The van der Waals surface area contributed by atoms with Gasteiger partial charge >= 0.3 is 15.5 Å². The van der Waals surface area contributed by atoms with Crippen LogP contribution in [0.3, 0.4) is 0 Å². The molecule has 1 heterocycles. The van der Waals surface area contributed by atoms with Crippen LogP contribution in [0.4, 0.5) is 0 Å². The van der Waals surface area contributed by atoms with Crippen LogP contribution in [0, 0.1) is 5.92 Å². The van der Waals surface area contributed by atoms with E-state index in [4.69, 9.17) is 14.7 Å². The first-order valence-electron chi connectivity index (χ1n) is 6.44. The number of hydrogen-bond donors (Lipinski definition) is 7. The van der Waals surface area contributed by atoms with Gasteiger partial charge in [-0.3, -0.25) is 14.9 Å². The Morgan fingerprint density at radius 1 is 1.38 bits per heavy atom. The number of piperidine rings is 1. The van der Waals surface area contributed by atoms with E-state index in [1.165, 1.54) is 0 Å². The summed E-state index contributed by atoms with van der Waals surface area (Å²) in [4.78, 5) is 49.2. The van der Waals surface area contributed by atoms with Crippen molar-refractivity contribution >= 4 is 33.6 Å². The van der Waals surface area contributed by atoms with E-state index in [1.807, 2.05) is 13.8 Å². The van der Waals surface area contributed by atoms with Gasteiger partial charge in [0.1, 0.15) is 6.17 Å². The Labute approximate surface area is 129 Å². The molecule has 11 heteroatoms. The zero-order valence-corrected chi connectivity index (χ0v) is 14.6. The lowest BCUT2D eigenvalue weighted by Gasteiger charge is -2.36. The van der Waals surface area contributed by atoms with Gasteiger partial charge in [-0.1, -0.05) is 13.8 Å². The van der Waals surface area contributed by atoms with E-state index in [9.17, 15) is 14.4 Å². The van der Waals surface area contributed by atoms with Crippen LogP contribution >= 0.6 is 28.2 Å². The summed E-state index contributed by atoms with van der Waals surface area (Å²) in [7, 11) is -9.08. The molecule has 0 spiro atoms. The molecule has 2 atom stereocenters. The average Bonchev–Trinajstić information content (AvgIpc) is 2.24. The third kappa shape index (κ3) is 7.03. The maximum Gasteiger partial charge on any atom is 0.410 e. The third-order valence-electron chi connectivity index (χ3n) is 3.38. The van der Waals surface area contributed by atoms with Gasteiger partial charge in [0.2, 0.25) is 0 Å². The summed E-state index contributed by atoms with van der Waals surface area (Å²) in [6.45, 7) is 4.58. The Balaban J connectivity index is 2.78. The Bertz CT molecular complexity index is 434. The van der Waals surface area contributed by atoms with Crippen molar-refractivity contribution in [3.8, 4) is 0 Å². The maximum absolute atomic E-state index is 11.3. The molecule has 2 unspecified atom stereocenters. The summed E-state index contributed by atoms with van der Waals surface area (Å²) in [6, 6.07) is 0. The van der Waals surface area contributed by atoms with Crippen LogP contribution in [0.15, 0.2) is 4.99 Å². The number of aliphatic imine (C=N–C) groups is 1. The number of nitrogens with zero attached hydrogens (tertiary/aromatic N) is 1. The normalized spacial score (nSPS) is 26.0. The van der Waals surface area contributed by atoms with Crippen LogP contribution in [-0.2, 0) is 4.57 Å². The highest BCUT2D eigenvalue weighted by Crippen LogP contribution is 2.50. The fourth-order valence-corrected chi connectivity index (χ4v) is 4.41. The molecule has 0 amide bonds. The van der Waals surface area contributed by atoms with E-state index in [-0.39, 0.29) is 4.75 Å². The minimum atomic E-state index is -4.74. The SMILES string of the molecule is CC(C)(S)C1CCC(N=C(C[P+](O)(O)O)P(=O)(O)O)NC1. The van der Waals surface area contributed by atoms with Crippen LogP contribution in [0.5, 0.6) is 0 Å². The van der Waals surface area contributed by atoms with E-state index in [2.05, 4.69) is 22.9 Å². The molecule has 8 nitrogen and oxygen atoms in total. The quantitative estimate of drug-likeness (QED) is 0.213. The maximum atomic E-state index is 11.3. The van der Waals surface area contributed by atoms with E-state index in [0.717, 1.165) is 6.42 Å². The summed E-state index contributed by atoms with van der Waals surface area (Å²) in [5.74, 6) is 0.297. The van der Waals surface area contributed by atoms with Crippen molar-refractivity contribution in [1.29, 1.82) is 0 Å².